The molecule has 0 aliphatic heterocycles. The van der Waals surface area contributed by atoms with Crippen molar-refractivity contribution >= 4 is 11.4 Å². The van der Waals surface area contributed by atoms with Crippen LogP contribution < -0.4 is 5.32 Å². The fourth-order valence-corrected chi connectivity index (χ4v) is 1.62. The molecule has 5 heteroatoms. The van der Waals surface area contributed by atoms with Gasteiger partial charge in [0.2, 0.25) is 0 Å². The zero-order valence-corrected chi connectivity index (χ0v) is 12.0. The van der Waals surface area contributed by atoms with Crippen LogP contribution in [0.4, 0.5) is 11.4 Å². The molecule has 0 aliphatic carbocycles. The Balaban J connectivity index is 2.99. The molecule has 1 rings (SSSR count). The Morgan fingerprint density at radius 1 is 1.37 bits per heavy atom. The first-order valence-electron chi connectivity index (χ1n) is 6.55. The van der Waals surface area contributed by atoms with Gasteiger partial charge in [0.1, 0.15) is 5.69 Å². The van der Waals surface area contributed by atoms with Crippen LogP contribution in [0.1, 0.15) is 39.7 Å². The lowest BCUT2D eigenvalue weighted by Gasteiger charge is -2.24. The summed E-state index contributed by atoms with van der Waals surface area (Å²) in [6, 6.07) is 5.06. The molecular formula is C14H22N2O3. The van der Waals surface area contributed by atoms with Crippen molar-refractivity contribution in [3.05, 3.63) is 33.9 Å². The van der Waals surface area contributed by atoms with Crippen molar-refractivity contribution in [2.75, 3.05) is 11.9 Å². The topological polar surface area (TPSA) is 64.4 Å². The van der Waals surface area contributed by atoms with Crippen molar-refractivity contribution < 1.29 is 9.66 Å². The van der Waals surface area contributed by atoms with E-state index in [1.54, 1.807) is 6.07 Å². The Kier molecular flexibility index (Phi) is 5.30. The fraction of sp³-hybridized carbons (Fsp3) is 0.571. The van der Waals surface area contributed by atoms with E-state index in [1.807, 2.05) is 26.8 Å². The first kappa shape index (κ1) is 15.4. The lowest BCUT2D eigenvalue weighted by atomic mass is 10.1. The summed E-state index contributed by atoms with van der Waals surface area (Å²) < 4.78 is 5.82. The van der Waals surface area contributed by atoms with Crippen molar-refractivity contribution in [3.63, 3.8) is 0 Å². The minimum atomic E-state index is -0.369. The molecule has 19 heavy (non-hydrogen) atoms. The van der Waals surface area contributed by atoms with Gasteiger partial charge in [0, 0.05) is 18.2 Å². The summed E-state index contributed by atoms with van der Waals surface area (Å²) in [5.41, 5.74) is 1.24. The van der Waals surface area contributed by atoms with Gasteiger partial charge in [-0.05, 0) is 27.2 Å². The zero-order chi connectivity index (χ0) is 14.5. The lowest BCUT2D eigenvalue weighted by molar-refractivity contribution is -0.384. The first-order chi connectivity index (χ1) is 8.91. The van der Waals surface area contributed by atoms with Gasteiger partial charge in [-0.1, -0.05) is 19.1 Å². The summed E-state index contributed by atoms with van der Waals surface area (Å²) in [5, 5.41) is 14.1. The normalized spacial score (nSPS) is 11.4. The number of benzene rings is 1. The smallest absolute Gasteiger partial charge is 0.292 e. The van der Waals surface area contributed by atoms with Crippen LogP contribution in [0.2, 0.25) is 0 Å². The third kappa shape index (κ3) is 4.21. The summed E-state index contributed by atoms with van der Waals surface area (Å²) in [6.07, 6.45) is 0.887. The number of anilines is 1. The number of nitro benzene ring substituents is 1. The first-order valence-corrected chi connectivity index (χ1v) is 6.55. The van der Waals surface area contributed by atoms with Crippen LogP contribution in [0.15, 0.2) is 18.2 Å². The van der Waals surface area contributed by atoms with E-state index < -0.39 is 0 Å². The molecule has 1 N–H and O–H groups in total. The van der Waals surface area contributed by atoms with Crippen LogP contribution in [0, 0.1) is 10.1 Å². The molecule has 1 aromatic rings. The highest BCUT2D eigenvalue weighted by molar-refractivity contribution is 5.66. The molecule has 0 aromatic heterocycles. The average molecular weight is 266 g/mol. The second kappa shape index (κ2) is 6.52. The second-order valence-electron chi connectivity index (χ2n) is 5.00. The Hall–Kier alpha value is -1.62. The van der Waals surface area contributed by atoms with Crippen LogP contribution in [0.3, 0.4) is 0 Å². The molecule has 0 unspecified atom stereocenters. The van der Waals surface area contributed by atoms with Crippen molar-refractivity contribution in [1.82, 2.24) is 0 Å². The molecule has 0 radical (unpaired) electrons. The van der Waals surface area contributed by atoms with E-state index in [-0.39, 0.29) is 16.2 Å². The molecular weight excluding hydrogens is 244 g/mol. The van der Waals surface area contributed by atoms with Gasteiger partial charge in [-0.3, -0.25) is 10.1 Å². The number of ether oxygens (including phenoxy) is 1. The van der Waals surface area contributed by atoms with E-state index in [4.69, 9.17) is 4.74 Å². The molecule has 0 fully saturated rings. The number of nitrogens with zero attached hydrogens (tertiary/aromatic N) is 1. The number of rotatable bonds is 7. The monoisotopic (exact) mass is 266 g/mol. The maximum atomic E-state index is 11.0. The van der Waals surface area contributed by atoms with Gasteiger partial charge in [0.15, 0.2) is 0 Å². The molecule has 0 bridgehead atoms. The van der Waals surface area contributed by atoms with E-state index in [0.29, 0.717) is 18.8 Å². The van der Waals surface area contributed by atoms with Crippen LogP contribution >= 0.6 is 0 Å². The number of hydrogen-bond donors (Lipinski definition) is 1. The predicted octanol–water partition coefficient (Wildman–Crippen LogP) is 3.73. The molecule has 5 nitrogen and oxygen atoms in total. The molecule has 0 aliphatic rings. The summed E-state index contributed by atoms with van der Waals surface area (Å²) >= 11 is 0. The molecule has 1 aromatic carbocycles. The largest absolute Gasteiger partial charge is 0.379 e. The molecule has 0 heterocycles. The summed E-state index contributed by atoms with van der Waals surface area (Å²) in [6.45, 7) is 8.99. The zero-order valence-electron chi connectivity index (χ0n) is 12.0. The minimum Gasteiger partial charge on any atom is -0.379 e. The third-order valence-corrected chi connectivity index (χ3v) is 3.15. The molecule has 0 saturated heterocycles. The molecule has 0 spiro atoms. The highest BCUT2D eigenvalue weighted by Crippen LogP contribution is 2.30. The van der Waals surface area contributed by atoms with E-state index in [9.17, 15) is 10.1 Å². The molecule has 0 saturated carbocycles. The van der Waals surface area contributed by atoms with E-state index in [1.165, 1.54) is 6.07 Å². The Bertz CT molecular complexity index is 444. The predicted molar refractivity (Wildman–Crippen MR) is 76.4 cm³/mol. The number of para-hydroxylation sites is 1. The number of hydrogen-bond acceptors (Lipinski definition) is 4. The Morgan fingerprint density at radius 3 is 2.58 bits per heavy atom. The quantitative estimate of drug-likeness (QED) is 0.603. The Labute approximate surface area is 114 Å². The van der Waals surface area contributed by atoms with Crippen molar-refractivity contribution in [3.8, 4) is 0 Å². The van der Waals surface area contributed by atoms with Gasteiger partial charge in [-0.2, -0.15) is 0 Å². The second-order valence-corrected chi connectivity index (χ2v) is 5.00. The van der Waals surface area contributed by atoms with Crippen LogP contribution in [-0.4, -0.2) is 17.1 Å². The SMILES string of the molecule is CCNc1c(COC(C)(C)CC)cccc1[N+](=O)[O-]. The maximum Gasteiger partial charge on any atom is 0.292 e. The van der Waals surface area contributed by atoms with Gasteiger partial charge in [-0.15, -0.1) is 0 Å². The standard InChI is InChI=1S/C14H22N2O3/c1-5-14(3,4)19-10-11-8-7-9-12(16(17)18)13(11)15-6-2/h7-9,15H,5-6,10H2,1-4H3. The van der Waals surface area contributed by atoms with E-state index in [2.05, 4.69) is 12.2 Å². The van der Waals surface area contributed by atoms with Crippen LogP contribution in [-0.2, 0) is 11.3 Å². The molecule has 0 amide bonds. The highest BCUT2D eigenvalue weighted by Gasteiger charge is 2.20. The fourth-order valence-electron chi connectivity index (χ4n) is 1.62. The van der Waals surface area contributed by atoms with Crippen LogP contribution in [0.5, 0.6) is 0 Å². The third-order valence-electron chi connectivity index (χ3n) is 3.15. The summed E-state index contributed by atoms with van der Waals surface area (Å²) in [5.74, 6) is 0. The molecule has 0 atom stereocenters. The van der Waals surface area contributed by atoms with Crippen molar-refractivity contribution in [2.24, 2.45) is 0 Å². The van der Waals surface area contributed by atoms with Gasteiger partial charge in [0.05, 0.1) is 17.1 Å². The van der Waals surface area contributed by atoms with Crippen LogP contribution in [0.25, 0.3) is 0 Å². The van der Waals surface area contributed by atoms with Gasteiger partial charge < -0.3 is 10.1 Å². The average Bonchev–Trinajstić information content (AvgIpc) is 2.37. The van der Waals surface area contributed by atoms with Gasteiger partial charge >= 0.3 is 0 Å². The van der Waals surface area contributed by atoms with Crippen molar-refractivity contribution in [1.29, 1.82) is 0 Å². The number of nitrogens with one attached hydrogen (secondary N) is 1. The molecule has 106 valence electrons. The highest BCUT2D eigenvalue weighted by atomic mass is 16.6. The van der Waals surface area contributed by atoms with E-state index >= 15 is 0 Å². The number of nitro groups is 1. The van der Waals surface area contributed by atoms with E-state index in [0.717, 1.165) is 12.0 Å². The lowest BCUT2D eigenvalue weighted by Crippen LogP contribution is -2.23. The van der Waals surface area contributed by atoms with Gasteiger partial charge in [-0.25, -0.2) is 0 Å². The minimum absolute atomic E-state index is 0.0947. The maximum absolute atomic E-state index is 11.0. The van der Waals surface area contributed by atoms with Gasteiger partial charge in [0.25, 0.3) is 5.69 Å². The summed E-state index contributed by atoms with van der Waals surface area (Å²) in [4.78, 5) is 10.7. The van der Waals surface area contributed by atoms with Crippen molar-refractivity contribution in [2.45, 2.75) is 46.3 Å². The summed E-state index contributed by atoms with van der Waals surface area (Å²) in [7, 11) is 0. The Morgan fingerprint density at radius 2 is 2.05 bits per heavy atom.